The molecule has 3 N–H and O–H groups in total. The lowest BCUT2D eigenvalue weighted by Gasteiger charge is -2.16. The van der Waals surface area contributed by atoms with Crippen molar-refractivity contribution >= 4 is 51.7 Å². The molecule has 188 valence electrons. The number of benzene rings is 3. The molecule has 1 aromatic heterocycles. The van der Waals surface area contributed by atoms with Gasteiger partial charge in [0.2, 0.25) is 11.8 Å². The lowest BCUT2D eigenvalue weighted by Crippen LogP contribution is -2.19. The fourth-order valence-corrected chi connectivity index (χ4v) is 5.45. The van der Waals surface area contributed by atoms with Crippen molar-refractivity contribution in [3.8, 4) is 11.3 Å². The zero-order valence-electron chi connectivity index (χ0n) is 20.0. The summed E-state index contributed by atoms with van der Waals surface area (Å²) in [6.45, 7) is 1.99. The number of carboxylic acid groups (broad SMARTS) is 1. The molecule has 0 aliphatic carbocycles. The van der Waals surface area contributed by atoms with Gasteiger partial charge in [-0.3, -0.25) is 14.4 Å². The zero-order chi connectivity index (χ0) is 26.2. The maximum Gasteiger partial charge on any atom is 0.303 e. The number of nitrogens with zero attached hydrogens (tertiary/aromatic N) is 1. The van der Waals surface area contributed by atoms with Crippen LogP contribution < -0.4 is 10.6 Å². The summed E-state index contributed by atoms with van der Waals surface area (Å²) >= 11 is 2.83. The van der Waals surface area contributed by atoms with Crippen LogP contribution in [0.25, 0.3) is 11.3 Å². The number of carbonyl (C=O) groups is 3. The van der Waals surface area contributed by atoms with Crippen molar-refractivity contribution in [3.05, 3.63) is 95.4 Å². The summed E-state index contributed by atoms with van der Waals surface area (Å²) in [4.78, 5) is 42.5. The largest absolute Gasteiger partial charge is 0.481 e. The van der Waals surface area contributed by atoms with Gasteiger partial charge in [0.05, 0.1) is 12.1 Å². The number of hydrogen-bond donors (Lipinski definition) is 3. The Morgan fingerprint density at radius 3 is 2.19 bits per heavy atom. The number of thioether (sulfide) groups is 1. The smallest absolute Gasteiger partial charge is 0.303 e. The Kier molecular flexibility index (Phi) is 8.71. The van der Waals surface area contributed by atoms with Crippen LogP contribution in [0.2, 0.25) is 0 Å². The van der Waals surface area contributed by atoms with Crippen LogP contribution >= 0.6 is 23.1 Å². The topological polar surface area (TPSA) is 108 Å². The van der Waals surface area contributed by atoms with E-state index in [4.69, 9.17) is 5.11 Å². The average Bonchev–Trinajstić information content (AvgIpc) is 3.27. The highest BCUT2D eigenvalue weighted by molar-refractivity contribution is 8.00. The fourth-order valence-electron chi connectivity index (χ4n) is 3.58. The predicted octanol–water partition coefficient (Wildman–Crippen LogP) is 6.39. The summed E-state index contributed by atoms with van der Waals surface area (Å²) in [5.74, 6) is -1.56. The van der Waals surface area contributed by atoms with E-state index < -0.39 is 11.2 Å². The van der Waals surface area contributed by atoms with Gasteiger partial charge in [-0.1, -0.05) is 60.7 Å². The van der Waals surface area contributed by atoms with Crippen molar-refractivity contribution in [1.82, 2.24) is 4.98 Å². The molecule has 9 heteroatoms. The van der Waals surface area contributed by atoms with Crippen molar-refractivity contribution in [2.24, 2.45) is 0 Å². The van der Waals surface area contributed by atoms with Crippen molar-refractivity contribution in [2.75, 3.05) is 10.6 Å². The van der Waals surface area contributed by atoms with Crippen LogP contribution in [0.5, 0.6) is 0 Å². The van der Waals surface area contributed by atoms with Gasteiger partial charge in [-0.05, 0) is 36.8 Å². The highest BCUT2D eigenvalue weighted by atomic mass is 32.2. The Hall–Kier alpha value is -3.95. The summed E-state index contributed by atoms with van der Waals surface area (Å²) < 4.78 is 0. The van der Waals surface area contributed by atoms with Crippen molar-refractivity contribution < 1.29 is 19.5 Å². The van der Waals surface area contributed by atoms with Crippen LogP contribution in [0.4, 0.5) is 10.8 Å². The number of anilines is 2. The van der Waals surface area contributed by atoms with Crippen molar-refractivity contribution in [3.63, 3.8) is 0 Å². The lowest BCUT2D eigenvalue weighted by atomic mass is 10.1. The summed E-state index contributed by atoms with van der Waals surface area (Å²) in [6.07, 6.45) is -0.316. The minimum atomic E-state index is -1.02. The van der Waals surface area contributed by atoms with E-state index in [-0.39, 0.29) is 24.7 Å². The maximum absolute atomic E-state index is 13.4. The molecule has 1 heterocycles. The molecule has 7 nitrogen and oxygen atoms in total. The van der Waals surface area contributed by atoms with Gasteiger partial charge >= 0.3 is 5.97 Å². The van der Waals surface area contributed by atoms with Crippen LogP contribution in [0.3, 0.4) is 0 Å². The maximum atomic E-state index is 13.4. The van der Waals surface area contributed by atoms with Gasteiger partial charge in [-0.25, -0.2) is 4.98 Å². The Labute approximate surface area is 223 Å². The third-order valence-corrected chi connectivity index (χ3v) is 7.52. The molecule has 1 unspecified atom stereocenters. The van der Waals surface area contributed by atoms with Gasteiger partial charge in [0.15, 0.2) is 5.13 Å². The Balaban J connectivity index is 1.48. The number of aromatic nitrogens is 1. The first-order chi connectivity index (χ1) is 17.9. The third-order valence-electron chi connectivity index (χ3n) is 5.37. The number of nitrogens with one attached hydrogen (secondary N) is 2. The van der Waals surface area contributed by atoms with E-state index in [0.717, 1.165) is 26.6 Å². The summed E-state index contributed by atoms with van der Waals surface area (Å²) in [6, 6.07) is 26.5. The van der Waals surface area contributed by atoms with E-state index in [1.54, 1.807) is 12.1 Å². The number of hydrogen-bond acceptors (Lipinski definition) is 6. The number of aryl methyl sites for hydroxylation is 1. The minimum absolute atomic E-state index is 0.0930. The molecule has 0 aliphatic heterocycles. The minimum Gasteiger partial charge on any atom is -0.481 e. The van der Waals surface area contributed by atoms with E-state index in [1.165, 1.54) is 23.1 Å². The van der Waals surface area contributed by atoms with Crippen LogP contribution in [-0.4, -0.2) is 27.9 Å². The Bertz CT molecular complexity index is 1370. The summed E-state index contributed by atoms with van der Waals surface area (Å²) in [5.41, 5.74) is 3.27. The number of rotatable bonds is 10. The average molecular weight is 532 g/mol. The van der Waals surface area contributed by atoms with Crippen molar-refractivity contribution in [1.29, 1.82) is 0 Å². The van der Waals surface area contributed by atoms with E-state index in [1.807, 2.05) is 79.7 Å². The molecule has 3 aromatic carbocycles. The van der Waals surface area contributed by atoms with Gasteiger partial charge in [0.1, 0.15) is 5.25 Å². The van der Waals surface area contributed by atoms with Gasteiger partial charge in [-0.15, -0.1) is 23.1 Å². The zero-order valence-corrected chi connectivity index (χ0v) is 21.6. The Morgan fingerprint density at radius 2 is 1.54 bits per heavy atom. The molecule has 0 radical (unpaired) electrons. The predicted molar refractivity (Wildman–Crippen MR) is 148 cm³/mol. The van der Waals surface area contributed by atoms with E-state index in [2.05, 4.69) is 15.6 Å². The van der Waals surface area contributed by atoms with Crippen molar-refractivity contribution in [2.45, 2.75) is 29.9 Å². The number of carbonyl (C=O) groups excluding carboxylic acids is 2. The van der Waals surface area contributed by atoms with Crippen LogP contribution in [0.1, 0.15) is 28.5 Å². The molecule has 0 spiro atoms. The standard InChI is InChI=1S/C28H25N3O4S2/c1-18-25(19-8-4-2-5-9-19)30-28(36-18)31-27(35)26(20-10-6-3-7-11-20)37-22-14-12-21(13-15-22)29-23(32)16-17-24(33)34/h2-15,26H,16-17H2,1H3,(H,29,32)(H,33,34)(H,30,31,35). The second-order valence-electron chi connectivity index (χ2n) is 8.15. The van der Waals surface area contributed by atoms with Crippen LogP contribution in [0.15, 0.2) is 89.8 Å². The van der Waals surface area contributed by atoms with Crippen LogP contribution in [0, 0.1) is 6.92 Å². The van der Waals surface area contributed by atoms with Gasteiger partial charge in [-0.2, -0.15) is 0 Å². The molecule has 37 heavy (non-hydrogen) atoms. The molecular weight excluding hydrogens is 506 g/mol. The van der Waals surface area contributed by atoms with E-state index >= 15 is 0 Å². The molecule has 4 rings (SSSR count). The Morgan fingerprint density at radius 1 is 0.892 bits per heavy atom. The van der Waals surface area contributed by atoms with Gasteiger partial charge < -0.3 is 15.7 Å². The monoisotopic (exact) mass is 531 g/mol. The first-order valence-corrected chi connectivity index (χ1v) is 13.3. The second-order valence-corrected chi connectivity index (χ2v) is 10.5. The SMILES string of the molecule is Cc1sc(NC(=O)C(Sc2ccc(NC(=O)CCC(=O)O)cc2)c2ccccc2)nc1-c1ccccc1. The molecule has 1 atom stereocenters. The summed E-state index contributed by atoms with van der Waals surface area (Å²) in [7, 11) is 0. The normalized spacial score (nSPS) is 11.5. The van der Waals surface area contributed by atoms with E-state index in [0.29, 0.717) is 10.8 Å². The highest BCUT2D eigenvalue weighted by Gasteiger charge is 2.24. The number of aliphatic carboxylic acids is 1. The third kappa shape index (κ3) is 7.28. The fraction of sp³-hybridized carbons (Fsp3) is 0.143. The molecule has 0 saturated carbocycles. The number of amides is 2. The van der Waals surface area contributed by atoms with Crippen LogP contribution in [-0.2, 0) is 14.4 Å². The first kappa shape index (κ1) is 26.1. The number of thiazole rings is 1. The quantitative estimate of drug-likeness (QED) is 0.205. The second kappa shape index (κ2) is 12.3. The number of carboxylic acids is 1. The molecule has 4 aromatic rings. The molecule has 0 aliphatic rings. The van der Waals surface area contributed by atoms with Gasteiger partial charge in [0, 0.05) is 27.4 Å². The molecule has 0 saturated heterocycles. The molecule has 0 bridgehead atoms. The molecular formula is C28H25N3O4S2. The lowest BCUT2D eigenvalue weighted by molar-refractivity contribution is -0.138. The first-order valence-electron chi connectivity index (χ1n) is 11.6. The van der Waals surface area contributed by atoms with Gasteiger partial charge in [0.25, 0.3) is 0 Å². The molecule has 2 amide bonds. The molecule has 0 fully saturated rings. The summed E-state index contributed by atoms with van der Waals surface area (Å²) in [5, 5.41) is 14.4. The van der Waals surface area contributed by atoms with E-state index in [9.17, 15) is 14.4 Å². The highest BCUT2D eigenvalue weighted by Crippen LogP contribution is 2.38.